The molecule has 136 valence electrons. The number of halogens is 1. The van der Waals surface area contributed by atoms with E-state index in [-0.39, 0.29) is 18.3 Å². The first kappa shape index (κ1) is 19.4. The van der Waals surface area contributed by atoms with Crippen molar-refractivity contribution in [2.24, 2.45) is 0 Å². The average Bonchev–Trinajstić information content (AvgIpc) is 3.24. The molecule has 1 unspecified atom stereocenters. The first-order valence-electron chi connectivity index (χ1n) is 8.67. The number of amides is 1. The lowest BCUT2D eigenvalue weighted by molar-refractivity contribution is -0.132. The Bertz CT molecular complexity index is 682. The van der Waals surface area contributed by atoms with Crippen molar-refractivity contribution < 1.29 is 4.79 Å². The largest absolute Gasteiger partial charge is 0.338 e. The third kappa shape index (κ3) is 4.38. The molecular weight excluding hydrogens is 338 g/mol. The zero-order valence-corrected chi connectivity index (χ0v) is 15.6. The Morgan fingerprint density at radius 1 is 1.36 bits per heavy atom. The van der Waals surface area contributed by atoms with Crippen LogP contribution in [0.15, 0.2) is 30.3 Å². The number of nitrogens with zero attached hydrogens (tertiary/aromatic N) is 4. The predicted octanol–water partition coefficient (Wildman–Crippen LogP) is 2.14. The van der Waals surface area contributed by atoms with Crippen LogP contribution in [-0.2, 0) is 11.2 Å². The van der Waals surface area contributed by atoms with Crippen LogP contribution in [0, 0.1) is 6.92 Å². The highest BCUT2D eigenvalue weighted by Gasteiger charge is 2.27. The van der Waals surface area contributed by atoms with Crippen LogP contribution in [-0.4, -0.2) is 51.5 Å². The van der Waals surface area contributed by atoms with Crippen molar-refractivity contribution in [1.29, 1.82) is 0 Å². The minimum Gasteiger partial charge on any atom is -0.338 e. The lowest BCUT2D eigenvalue weighted by Gasteiger charge is -2.28. The van der Waals surface area contributed by atoms with Gasteiger partial charge in [-0.05, 0) is 38.4 Å². The molecule has 7 heteroatoms. The van der Waals surface area contributed by atoms with E-state index in [1.165, 1.54) is 0 Å². The number of carbonyl (C=O) groups excluding carboxylic acids is 1. The maximum atomic E-state index is 12.8. The van der Waals surface area contributed by atoms with E-state index < -0.39 is 0 Å². The SMILES string of the molecule is CCCN(C(=O)Cc1nnn(-c2ccccc2)c1C)C1CCNC1.Cl. The second kappa shape index (κ2) is 8.97. The van der Waals surface area contributed by atoms with Gasteiger partial charge in [-0.1, -0.05) is 30.3 Å². The summed E-state index contributed by atoms with van der Waals surface area (Å²) in [6, 6.07) is 10.2. The molecule has 1 aliphatic rings. The van der Waals surface area contributed by atoms with Crippen molar-refractivity contribution in [3.05, 3.63) is 41.7 Å². The molecule has 1 N–H and O–H groups in total. The van der Waals surface area contributed by atoms with Crippen LogP contribution < -0.4 is 5.32 Å². The summed E-state index contributed by atoms with van der Waals surface area (Å²) >= 11 is 0. The molecule has 25 heavy (non-hydrogen) atoms. The van der Waals surface area contributed by atoms with Crippen LogP contribution >= 0.6 is 12.4 Å². The van der Waals surface area contributed by atoms with Crippen molar-refractivity contribution in [2.75, 3.05) is 19.6 Å². The van der Waals surface area contributed by atoms with Gasteiger partial charge < -0.3 is 10.2 Å². The topological polar surface area (TPSA) is 63.1 Å². The lowest BCUT2D eigenvalue weighted by atomic mass is 10.1. The molecule has 2 aromatic rings. The number of carbonyl (C=O) groups is 1. The first-order chi connectivity index (χ1) is 11.7. The lowest BCUT2D eigenvalue weighted by Crippen LogP contribution is -2.43. The molecule has 0 radical (unpaired) electrons. The van der Waals surface area contributed by atoms with E-state index >= 15 is 0 Å². The van der Waals surface area contributed by atoms with Gasteiger partial charge >= 0.3 is 0 Å². The molecule has 1 fully saturated rings. The zero-order chi connectivity index (χ0) is 16.9. The molecule has 0 spiro atoms. The summed E-state index contributed by atoms with van der Waals surface area (Å²) in [5.41, 5.74) is 2.65. The quantitative estimate of drug-likeness (QED) is 0.854. The van der Waals surface area contributed by atoms with E-state index in [9.17, 15) is 4.79 Å². The summed E-state index contributed by atoms with van der Waals surface area (Å²) in [4.78, 5) is 14.8. The number of benzene rings is 1. The molecule has 3 rings (SSSR count). The molecule has 1 aliphatic heterocycles. The van der Waals surface area contributed by atoms with Gasteiger partial charge in [0.25, 0.3) is 0 Å². The van der Waals surface area contributed by atoms with Crippen LogP contribution in [0.3, 0.4) is 0 Å². The Morgan fingerprint density at radius 3 is 2.76 bits per heavy atom. The van der Waals surface area contributed by atoms with Crippen LogP contribution in [0.25, 0.3) is 5.69 Å². The number of nitrogens with one attached hydrogen (secondary N) is 1. The van der Waals surface area contributed by atoms with Crippen molar-refractivity contribution in [3.8, 4) is 5.69 Å². The van der Waals surface area contributed by atoms with Crippen LogP contribution in [0.5, 0.6) is 0 Å². The van der Waals surface area contributed by atoms with Gasteiger partial charge in [-0.2, -0.15) is 0 Å². The Morgan fingerprint density at radius 2 is 2.12 bits per heavy atom. The first-order valence-corrected chi connectivity index (χ1v) is 8.67. The smallest absolute Gasteiger partial charge is 0.229 e. The van der Waals surface area contributed by atoms with Gasteiger partial charge in [-0.3, -0.25) is 4.79 Å². The van der Waals surface area contributed by atoms with Gasteiger partial charge in [0.2, 0.25) is 5.91 Å². The van der Waals surface area contributed by atoms with Crippen LogP contribution in [0.2, 0.25) is 0 Å². The standard InChI is InChI=1S/C18H25N5O.ClH/c1-3-11-22(16-9-10-19-13-16)18(24)12-17-14(2)23(21-20-17)15-7-5-4-6-8-15;/h4-8,16,19H,3,9-13H2,1-2H3;1H. The predicted molar refractivity (Wildman–Crippen MR) is 100 cm³/mol. The minimum absolute atomic E-state index is 0. The highest BCUT2D eigenvalue weighted by molar-refractivity contribution is 5.85. The molecular formula is C18H26ClN5O. The Hall–Kier alpha value is -1.92. The third-order valence-electron chi connectivity index (χ3n) is 4.57. The monoisotopic (exact) mass is 363 g/mol. The molecule has 0 saturated carbocycles. The van der Waals surface area contributed by atoms with Crippen molar-refractivity contribution in [2.45, 2.75) is 39.2 Å². The molecule has 1 aromatic heterocycles. The number of aromatic nitrogens is 3. The molecule has 2 heterocycles. The van der Waals surface area contributed by atoms with Gasteiger partial charge in [-0.15, -0.1) is 17.5 Å². The normalized spacial score (nSPS) is 16.5. The van der Waals surface area contributed by atoms with Crippen molar-refractivity contribution in [3.63, 3.8) is 0 Å². The summed E-state index contributed by atoms with van der Waals surface area (Å²) in [7, 11) is 0. The summed E-state index contributed by atoms with van der Waals surface area (Å²) in [6.45, 7) is 6.76. The number of hydrogen-bond acceptors (Lipinski definition) is 4. The fourth-order valence-electron chi connectivity index (χ4n) is 3.24. The van der Waals surface area contributed by atoms with E-state index in [4.69, 9.17) is 0 Å². The number of para-hydroxylation sites is 1. The highest BCUT2D eigenvalue weighted by Crippen LogP contribution is 2.15. The van der Waals surface area contributed by atoms with E-state index in [0.29, 0.717) is 12.5 Å². The molecule has 0 bridgehead atoms. The molecule has 0 aliphatic carbocycles. The van der Waals surface area contributed by atoms with Crippen LogP contribution in [0.4, 0.5) is 0 Å². The molecule has 1 atom stereocenters. The van der Waals surface area contributed by atoms with Gasteiger partial charge in [0.1, 0.15) is 0 Å². The van der Waals surface area contributed by atoms with Gasteiger partial charge in [-0.25, -0.2) is 4.68 Å². The third-order valence-corrected chi connectivity index (χ3v) is 4.57. The van der Waals surface area contributed by atoms with Crippen LogP contribution in [0.1, 0.15) is 31.2 Å². The maximum absolute atomic E-state index is 12.8. The second-order valence-electron chi connectivity index (χ2n) is 6.28. The summed E-state index contributed by atoms with van der Waals surface area (Å²) < 4.78 is 1.80. The highest BCUT2D eigenvalue weighted by atomic mass is 35.5. The average molecular weight is 364 g/mol. The van der Waals surface area contributed by atoms with E-state index in [1.807, 2.05) is 42.2 Å². The van der Waals surface area contributed by atoms with Crippen molar-refractivity contribution >= 4 is 18.3 Å². The minimum atomic E-state index is 0. The van der Waals surface area contributed by atoms with Gasteiger partial charge in [0.15, 0.2) is 0 Å². The number of hydrogen-bond donors (Lipinski definition) is 1. The van der Waals surface area contributed by atoms with E-state index in [2.05, 4.69) is 22.6 Å². The van der Waals surface area contributed by atoms with E-state index in [0.717, 1.165) is 49.6 Å². The molecule has 6 nitrogen and oxygen atoms in total. The van der Waals surface area contributed by atoms with Crippen molar-refractivity contribution in [1.82, 2.24) is 25.2 Å². The zero-order valence-electron chi connectivity index (χ0n) is 14.8. The Kier molecular flexibility index (Phi) is 6.96. The molecule has 1 saturated heterocycles. The molecule has 1 amide bonds. The fraction of sp³-hybridized carbons (Fsp3) is 0.500. The van der Waals surface area contributed by atoms with Gasteiger partial charge in [0, 0.05) is 19.1 Å². The Labute approximate surface area is 155 Å². The summed E-state index contributed by atoms with van der Waals surface area (Å²) in [6.07, 6.45) is 2.31. The summed E-state index contributed by atoms with van der Waals surface area (Å²) in [5, 5.41) is 11.8. The Balaban J connectivity index is 0.00000225. The number of rotatable bonds is 6. The maximum Gasteiger partial charge on any atom is 0.229 e. The fourth-order valence-corrected chi connectivity index (χ4v) is 3.24. The summed E-state index contributed by atoms with van der Waals surface area (Å²) in [5.74, 6) is 0.147. The van der Waals surface area contributed by atoms with E-state index in [1.54, 1.807) is 4.68 Å². The second-order valence-corrected chi connectivity index (χ2v) is 6.28. The van der Waals surface area contributed by atoms with Gasteiger partial charge in [0.05, 0.1) is 23.5 Å². The molecule has 1 aromatic carbocycles.